The first-order valence-corrected chi connectivity index (χ1v) is 12.5. The number of primary sulfonamides is 1. The van der Waals surface area contributed by atoms with Crippen LogP contribution >= 0.6 is 11.3 Å². The van der Waals surface area contributed by atoms with E-state index in [0.717, 1.165) is 27.2 Å². The Morgan fingerprint density at radius 1 is 1.06 bits per heavy atom. The second kappa shape index (κ2) is 9.15. The molecule has 0 bridgehead atoms. The quantitative estimate of drug-likeness (QED) is 0.345. The van der Waals surface area contributed by atoms with E-state index in [1.165, 1.54) is 16.7 Å². The third-order valence-corrected chi connectivity index (χ3v) is 6.74. The molecule has 0 radical (unpaired) electrons. The van der Waals surface area contributed by atoms with Gasteiger partial charge in [0, 0.05) is 30.4 Å². The summed E-state index contributed by atoms with van der Waals surface area (Å²) < 4.78 is 23.1. The van der Waals surface area contributed by atoms with Gasteiger partial charge in [-0.2, -0.15) is 0 Å². The summed E-state index contributed by atoms with van der Waals surface area (Å²) in [6.45, 7) is 2.97. The van der Waals surface area contributed by atoms with E-state index in [4.69, 9.17) is 5.14 Å². The van der Waals surface area contributed by atoms with Crippen LogP contribution in [0.1, 0.15) is 11.1 Å². The molecule has 0 saturated heterocycles. The molecule has 2 aromatic carbocycles. The number of nitrogens with one attached hydrogen (secondary N) is 2. The zero-order valence-electron chi connectivity index (χ0n) is 17.1. The number of anilines is 2. The molecule has 0 unspecified atom stereocenters. The lowest BCUT2D eigenvalue weighted by molar-refractivity contribution is 0.592. The number of aromatic nitrogens is 1. The van der Waals surface area contributed by atoms with E-state index in [9.17, 15) is 8.42 Å². The molecule has 2 heterocycles. The molecule has 160 valence electrons. The number of hydrogen-bond donors (Lipinski definition) is 3. The van der Waals surface area contributed by atoms with Gasteiger partial charge in [-0.25, -0.2) is 13.6 Å². The highest BCUT2D eigenvalue weighted by atomic mass is 32.2. The van der Waals surface area contributed by atoms with Crippen molar-refractivity contribution in [2.45, 2.75) is 13.5 Å². The van der Waals surface area contributed by atoms with Gasteiger partial charge in [0.05, 0.1) is 16.1 Å². The van der Waals surface area contributed by atoms with Crippen LogP contribution in [-0.2, 0) is 16.6 Å². The van der Waals surface area contributed by atoms with Crippen molar-refractivity contribution in [2.75, 3.05) is 17.6 Å². The van der Waals surface area contributed by atoms with Crippen LogP contribution in [0.25, 0.3) is 21.3 Å². The predicted octanol–water partition coefficient (Wildman–Crippen LogP) is 4.39. The number of pyridine rings is 1. The van der Waals surface area contributed by atoms with Crippen LogP contribution in [0.3, 0.4) is 0 Å². The van der Waals surface area contributed by atoms with Crippen molar-refractivity contribution in [1.82, 2.24) is 10.3 Å². The van der Waals surface area contributed by atoms with Gasteiger partial charge in [0.15, 0.2) is 0 Å². The van der Waals surface area contributed by atoms with Gasteiger partial charge >= 0.3 is 0 Å². The average molecular weight is 453 g/mol. The third kappa shape index (κ3) is 5.29. The molecule has 0 saturated carbocycles. The average Bonchev–Trinajstić information content (AvgIpc) is 3.15. The molecule has 0 atom stereocenters. The molecule has 4 N–H and O–H groups in total. The minimum absolute atomic E-state index is 0.0862. The van der Waals surface area contributed by atoms with E-state index >= 15 is 0 Å². The summed E-state index contributed by atoms with van der Waals surface area (Å²) >= 11 is 1.63. The Morgan fingerprint density at radius 2 is 1.87 bits per heavy atom. The fourth-order valence-corrected chi connectivity index (χ4v) is 4.77. The van der Waals surface area contributed by atoms with Crippen molar-refractivity contribution >= 4 is 43.0 Å². The van der Waals surface area contributed by atoms with E-state index in [-0.39, 0.29) is 5.75 Å². The van der Waals surface area contributed by atoms with Gasteiger partial charge in [-0.1, -0.05) is 42.5 Å². The smallest absolute Gasteiger partial charge is 0.210 e. The first-order chi connectivity index (χ1) is 14.9. The number of rotatable bonds is 8. The Labute approximate surface area is 186 Å². The Bertz CT molecular complexity index is 1300. The van der Waals surface area contributed by atoms with E-state index in [1.807, 2.05) is 24.4 Å². The number of fused-ring (bicyclic) bond motifs is 1. The first-order valence-electron chi connectivity index (χ1n) is 9.90. The molecular weight excluding hydrogens is 428 g/mol. The summed E-state index contributed by atoms with van der Waals surface area (Å²) in [7, 11) is -3.45. The predicted molar refractivity (Wildman–Crippen MR) is 129 cm³/mol. The minimum Gasteiger partial charge on any atom is -0.353 e. The maximum absolute atomic E-state index is 11.0. The highest BCUT2D eigenvalue weighted by molar-refractivity contribution is 7.89. The molecule has 31 heavy (non-hydrogen) atoms. The van der Waals surface area contributed by atoms with Gasteiger partial charge in [0.25, 0.3) is 0 Å². The van der Waals surface area contributed by atoms with Crippen LogP contribution in [0.15, 0.2) is 66.2 Å². The summed E-state index contributed by atoms with van der Waals surface area (Å²) in [4.78, 5) is 4.64. The summed E-state index contributed by atoms with van der Waals surface area (Å²) in [5.74, 6) is -0.0862. The zero-order valence-corrected chi connectivity index (χ0v) is 18.8. The second-order valence-corrected chi connectivity index (χ2v) is 10.00. The fourth-order valence-electron chi connectivity index (χ4n) is 3.43. The monoisotopic (exact) mass is 452 g/mol. The topological polar surface area (TPSA) is 97.1 Å². The molecular formula is C23H24N4O2S2. The number of sulfonamides is 1. The summed E-state index contributed by atoms with van der Waals surface area (Å²) in [6.07, 6.45) is 1.82. The van der Waals surface area contributed by atoms with Crippen LogP contribution in [0.5, 0.6) is 0 Å². The van der Waals surface area contributed by atoms with Gasteiger partial charge in [-0.3, -0.25) is 4.98 Å². The van der Waals surface area contributed by atoms with Crippen molar-refractivity contribution in [3.8, 4) is 11.1 Å². The Hall–Kier alpha value is -2.78. The SMILES string of the molecule is Cc1c(Nc2csc3cc(CNCCS(N)(=O)=O)cnc23)cccc1-c1ccccc1. The van der Waals surface area contributed by atoms with Crippen LogP contribution in [0.4, 0.5) is 11.4 Å². The van der Waals surface area contributed by atoms with Crippen LogP contribution in [0.2, 0.25) is 0 Å². The molecule has 8 heteroatoms. The molecule has 0 amide bonds. The Balaban J connectivity index is 1.51. The van der Waals surface area contributed by atoms with E-state index in [1.54, 1.807) is 11.3 Å². The number of hydrogen-bond acceptors (Lipinski definition) is 6. The summed E-state index contributed by atoms with van der Waals surface area (Å²) in [5.41, 5.74) is 7.52. The Kier molecular flexibility index (Phi) is 6.33. The van der Waals surface area contributed by atoms with Gasteiger partial charge in [-0.15, -0.1) is 11.3 Å². The molecule has 0 fully saturated rings. The number of nitrogens with zero attached hydrogens (tertiary/aromatic N) is 1. The largest absolute Gasteiger partial charge is 0.353 e. The van der Waals surface area contributed by atoms with E-state index in [2.05, 4.69) is 64.3 Å². The zero-order chi connectivity index (χ0) is 21.8. The number of thiophene rings is 1. The lowest BCUT2D eigenvalue weighted by atomic mass is 9.99. The van der Waals surface area contributed by atoms with Crippen LogP contribution < -0.4 is 15.8 Å². The first kappa shape index (κ1) is 21.5. The van der Waals surface area contributed by atoms with Crippen LogP contribution in [0, 0.1) is 6.92 Å². The van der Waals surface area contributed by atoms with Crippen molar-refractivity contribution in [1.29, 1.82) is 0 Å². The van der Waals surface area contributed by atoms with Gasteiger partial charge in [0.1, 0.15) is 5.52 Å². The maximum Gasteiger partial charge on any atom is 0.210 e. The highest BCUT2D eigenvalue weighted by Gasteiger charge is 2.11. The molecule has 6 nitrogen and oxygen atoms in total. The summed E-state index contributed by atoms with van der Waals surface area (Å²) in [5, 5.41) is 13.7. The normalized spacial score (nSPS) is 11.7. The summed E-state index contributed by atoms with van der Waals surface area (Å²) in [6, 6.07) is 18.7. The molecule has 4 aromatic rings. The lowest BCUT2D eigenvalue weighted by Crippen LogP contribution is -2.26. The third-order valence-electron chi connectivity index (χ3n) is 5.05. The molecule has 0 spiro atoms. The van der Waals surface area contributed by atoms with Crippen molar-refractivity contribution in [3.63, 3.8) is 0 Å². The van der Waals surface area contributed by atoms with Crippen molar-refractivity contribution < 1.29 is 8.42 Å². The lowest BCUT2D eigenvalue weighted by Gasteiger charge is -2.13. The van der Waals surface area contributed by atoms with E-state index in [0.29, 0.717) is 13.1 Å². The highest BCUT2D eigenvalue weighted by Crippen LogP contribution is 2.34. The van der Waals surface area contributed by atoms with Crippen LogP contribution in [-0.4, -0.2) is 25.7 Å². The van der Waals surface area contributed by atoms with Gasteiger partial charge in [-0.05, 0) is 41.3 Å². The molecule has 4 rings (SSSR count). The van der Waals surface area contributed by atoms with Gasteiger partial charge in [0.2, 0.25) is 10.0 Å². The van der Waals surface area contributed by atoms with Gasteiger partial charge < -0.3 is 10.6 Å². The molecule has 0 aliphatic heterocycles. The number of nitrogens with two attached hydrogens (primary N) is 1. The maximum atomic E-state index is 11.0. The van der Waals surface area contributed by atoms with Crippen molar-refractivity contribution in [3.05, 3.63) is 77.3 Å². The molecule has 2 aromatic heterocycles. The Morgan fingerprint density at radius 3 is 2.65 bits per heavy atom. The number of benzene rings is 2. The standard InChI is InChI=1S/C23H24N4O2S2/c1-16-19(18-6-3-2-4-7-18)8-5-9-20(16)27-21-15-30-22-12-17(14-26-23(21)22)13-25-10-11-31(24,28)29/h2-9,12,14-15,25,27H,10-11,13H2,1H3,(H2,24,28,29). The fraction of sp³-hybridized carbons (Fsp3) is 0.174. The van der Waals surface area contributed by atoms with E-state index < -0.39 is 10.0 Å². The molecule has 0 aliphatic carbocycles. The molecule has 0 aliphatic rings. The second-order valence-electron chi connectivity index (χ2n) is 7.35. The minimum atomic E-state index is -3.45. The van der Waals surface area contributed by atoms with Crippen molar-refractivity contribution in [2.24, 2.45) is 5.14 Å².